The topological polar surface area (TPSA) is 24.4 Å². The zero-order valence-electron chi connectivity index (χ0n) is 8.60. The zero-order chi connectivity index (χ0) is 11.2. The van der Waals surface area contributed by atoms with Gasteiger partial charge in [0, 0.05) is 5.56 Å². The lowest BCUT2D eigenvalue weighted by atomic mass is 10.2. The highest BCUT2D eigenvalue weighted by molar-refractivity contribution is 6.69. The number of rotatable bonds is 3. The minimum atomic E-state index is 0.449. The first-order chi connectivity index (χ1) is 7.86. The quantitative estimate of drug-likeness (QED) is 0.631. The van der Waals surface area contributed by atoms with E-state index in [2.05, 4.69) is 10.5 Å². The van der Waals surface area contributed by atoms with Crippen molar-refractivity contribution in [2.75, 3.05) is 5.43 Å². The number of para-hydroxylation sites is 1. The summed E-state index contributed by atoms with van der Waals surface area (Å²) in [5.41, 5.74) is 4.71. The van der Waals surface area contributed by atoms with Gasteiger partial charge in [0.15, 0.2) is 5.17 Å². The SMILES string of the molecule is Cl/C(=N/Nc1ccccc1)c1ccccc1. The fraction of sp³-hybridized carbons (Fsp3) is 0. The fourth-order valence-corrected chi connectivity index (χ4v) is 1.43. The van der Waals surface area contributed by atoms with Gasteiger partial charge in [0.05, 0.1) is 5.69 Å². The van der Waals surface area contributed by atoms with Gasteiger partial charge in [-0.1, -0.05) is 60.1 Å². The van der Waals surface area contributed by atoms with E-state index in [0.29, 0.717) is 5.17 Å². The molecular weight excluding hydrogens is 220 g/mol. The lowest BCUT2D eigenvalue weighted by Gasteiger charge is -2.01. The molecule has 0 fully saturated rings. The number of anilines is 1. The van der Waals surface area contributed by atoms with Crippen LogP contribution in [0.1, 0.15) is 5.56 Å². The molecule has 0 saturated carbocycles. The minimum Gasteiger partial charge on any atom is -0.277 e. The van der Waals surface area contributed by atoms with E-state index in [4.69, 9.17) is 11.6 Å². The fourth-order valence-electron chi connectivity index (χ4n) is 1.27. The van der Waals surface area contributed by atoms with Gasteiger partial charge in [0.1, 0.15) is 0 Å². The first-order valence-electron chi connectivity index (χ1n) is 4.96. The molecule has 0 unspecified atom stereocenters. The number of halogens is 1. The first kappa shape index (κ1) is 10.7. The predicted octanol–water partition coefficient (Wildman–Crippen LogP) is 3.70. The molecule has 0 aliphatic rings. The summed E-state index contributed by atoms with van der Waals surface area (Å²) in [5, 5.41) is 4.55. The highest BCUT2D eigenvalue weighted by atomic mass is 35.5. The average Bonchev–Trinajstić information content (AvgIpc) is 2.38. The summed E-state index contributed by atoms with van der Waals surface area (Å²) in [6, 6.07) is 19.3. The van der Waals surface area contributed by atoms with E-state index >= 15 is 0 Å². The van der Waals surface area contributed by atoms with Gasteiger partial charge in [-0.25, -0.2) is 0 Å². The third kappa shape index (κ3) is 2.84. The van der Waals surface area contributed by atoms with Gasteiger partial charge >= 0.3 is 0 Å². The van der Waals surface area contributed by atoms with Gasteiger partial charge in [-0.15, -0.1) is 0 Å². The Kier molecular flexibility index (Phi) is 3.57. The summed E-state index contributed by atoms with van der Waals surface area (Å²) in [6.45, 7) is 0. The molecule has 0 spiro atoms. The Hall–Kier alpha value is -1.80. The van der Waals surface area contributed by atoms with Crippen molar-refractivity contribution < 1.29 is 0 Å². The van der Waals surface area contributed by atoms with E-state index in [0.717, 1.165) is 11.3 Å². The minimum absolute atomic E-state index is 0.449. The predicted molar refractivity (Wildman–Crippen MR) is 68.9 cm³/mol. The number of hydrazone groups is 1. The number of benzene rings is 2. The Balaban J connectivity index is 2.09. The summed E-state index contributed by atoms with van der Waals surface area (Å²) in [6.07, 6.45) is 0. The maximum atomic E-state index is 6.04. The lowest BCUT2D eigenvalue weighted by molar-refractivity contribution is 1.34. The summed E-state index contributed by atoms with van der Waals surface area (Å²) in [5.74, 6) is 0. The first-order valence-corrected chi connectivity index (χ1v) is 5.34. The Morgan fingerprint density at radius 1 is 0.875 bits per heavy atom. The number of nitrogens with zero attached hydrogens (tertiary/aromatic N) is 1. The van der Waals surface area contributed by atoms with Crippen molar-refractivity contribution in [1.29, 1.82) is 0 Å². The highest BCUT2D eigenvalue weighted by Gasteiger charge is 1.97. The lowest BCUT2D eigenvalue weighted by Crippen LogP contribution is -1.96. The molecule has 2 aromatic carbocycles. The Bertz CT molecular complexity index is 466. The van der Waals surface area contributed by atoms with Crippen molar-refractivity contribution in [3.63, 3.8) is 0 Å². The molecule has 0 heterocycles. The van der Waals surface area contributed by atoms with Crippen LogP contribution in [0.3, 0.4) is 0 Å². The Morgan fingerprint density at radius 3 is 2.06 bits per heavy atom. The second kappa shape index (κ2) is 5.33. The van der Waals surface area contributed by atoms with Crippen LogP contribution in [-0.2, 0) is 0 Å². The molecule has 0 atom stereocenters. The molecule has 0 aliphatic carbocycles. The third-order valence-electron chi connectivity index (χ3n) is 2.07. The standard InChI is InChI=1S/C13H11ClN2/c14-13(11-7-3-1-4-8-11)16-15-12-9-5-2-6-10-12/h1-10,15H/b16-13+. The Labute approximate surface area is 99.6 Å². The molecule has 0 bridgehead atoms. The molecule has 0 aromatic heterocycles. The molecule has 16 heavy (non-hydrogen) atoms. The smallest absolute Gasteiger partial charge is 0.156 e. The van der Waals surface area contributed by atoms with Crippen molar-refractivity contribution >= 4 is 22.5 Å². The van der Waals surface area contributed by atoms with Crippen LogP contribution >= 0.6 is 11.6 Å². The molecule has 0 saturated heterocycles. The molecule has 0 aliphatic heterocycles. The van der Waals surface area contributed by atoms with E-state index in [1.807, 2.05) is 60.7 Å². The average molecular weight is 231 g/mol. The molecule has 80 valence electrons. The van der Waals surface area contributed by atoms with Crippen molar-refractivity contribution in [2.24, 2.45) is 5.10 Å². The van der Waals surface area contributed by atoms with Crippen LogP contribution in [0.15, 0.2) is 65.8 Å². The zero-order valence-corrected chi connectivity index (χ0v) is 9.35. The molecular formula is C13H11ClN2. The molecule has 3 heteroatoms. The van der Waals surface area contributed by atoms with E-state index < -0.39 is 0 Å². The summed E-state index contributed by atoms with van der Waals surface area (Å²) < 4.78 is 0. The van der Waals surface area contributed by atoms with Crippen LogP contribution in [0.2, 0.25) is 0 Å². The van der Waals surface area contributed by atoms with E-state index in [-0.39, 0.29) is 0 Å². The van der Waals surface area contributed by atoms with Crippen molar-refractivity contribution in [1.82, 2.24) is 0 Å². The molecule has 1 N–H and O–H groups in total. The van der Waals surface area contributed by atoms with Crippen LogP contribution in [-0.4, -0.2) is 5.17 Å². The van der Waals surface area contributed by atoms with Crippen LogP contribution < -0.4 is 5.43 Å². The van der Waals surface area contributed by atoms with Gasteiger partial charge in [-0.3, -0.25) is 5.43 Å². The van der Waals surface area contributed by atoms with Gasteiger partial charge in [0.2, 0.25) is 0 Å². The molecule has 0 radical (unpaired) electrons. The van der Waals surface area contributed by atoms with E-state index in [1.165, 1.54) is 0 Å². The molecule has 2 aromatic rings. The molecule has 0 amide bonds. The maximum Gasteiger partial charge on any atom is 0.156 e. The number of hydrogen-bond donors (Lipinski definition) is 1. The number of nitrogens with one attached hydrogen (secondary N) is 1. The van der Waals surface area contributed by atoms with Gasteiger partial charge in [-0.05, 0) is 12.1 Å². The largest absolute Gasteiger partial charge is 0.277 e. The van der Waals surface area contributed by atoms with Gasteiger partial charge in [0.25, 0.3) is 0 Å². The van der Waals surface area contributed by atoms with Gasteiger partial charge < -0.3 is 0 Å². The highest BCUT2D eigenvalue weighted by Crippen LogP contribution is 2.08. The van der Waals surface area contributed by atoms with Crippen LogP contribution in [0.4, 0.5) is 5.69 Å². The second-order valence-corrected chi connectivity index (χ2v) is 3.60. The monoisotopic (exact) mass is 230 g/mol. The van der Waals surface area contributed by atoms with E-state index in [9.17, 15) is 0 Å². The van der Waals surface area contributed by atoms with E-state index in [1.54, 1.807) is 0 Å². The molecule has 2 rings (SSSR count). The van der Waals surface area contributed by atoms with Gasteiger partial charge in [-0.2, -0.15) is 5.10 Å². The third-order valence-corrected chi connectivity index (χ3v) is 2.37. The van der Waals surface area contributed by atoms with Crippen molar-refractivity contribution in [3.8, 4) is 0 Å². The normalized spacial score (nSPS) is 11.2. The summed E-state index contributed by atoms with van der Waals surface area (Å²) in [7, 11) is 0. The summed E-state index contributed by atoms with van der Waals surface area (Å²) >= 11 is 6.04. The molecule has 2 nitrogen and oxygen atoms in total. The summed E-state index contributed by atoms with van der Waals surface area (Å²) in [4.78, 5) is 0. The second-order valence-electron chi connectivity index (χ2n) is 3.25. The van der Waals surface area contributed by atoms with Crippen LogP contribution in [0.25, 0.3) is 0 Å². The van der Waals surface area contributed by atoms with Crippen molar-refractivity contribution in [2.45, 2.75) is 0 Å². The number of hydrogen-bond acceptors (Lipinski definition) is 2. The Morgan fingerprint density at radius 2 is 1.44 bits per heavy atom. The van der Waals surface area contributed by atoms with Crippen molar-refractivity contribution in [3.05, 3.63) is 66.2 Å². The van der Waals surface area contributed by atoms with Crippen LogP contribution in [0.5, 0.6) is 0 Å². The van der Waals surface area contributed by atoms with Crippen LogP contribution in [0, 0.1) is 0 Å². The maximum absolute atomic E-state index is 6.04.